The van der Waals surface area contributed by atoms with Gasteiger partial charge >= 0.3 is 0 Å². The first kappa shape index (κ1) is 20.3. The van der Waals surface area contributed by atoms with E-state index < -0.39 is 40.9 Å². The molecule has 10 heteroatoms. The van der Waals surface area contributed by atoms with Crippen molar-refractivity contribution in [3.63, 3.8) is 0 Å². The number of halogens is 3. The number of nitrogens with one attached hydrogen (secondary N) is 1. The number of ether oxygens (including phenoxy) is 1. The van der Waals surface area contributed by atoms with E-state index in [0.717, 1.165) is 12.8 Å². The highest BCUT2D eigenvalue weighted by Crippen LogP contribution is 2.64. The summed E-state index contributed by atoms with van der Waals surface area (Å²) in [5.41, 5.74) is -1.48. The van der Waals surface area contributed by atoms with E-state index in [4.69, 9.17) is 4.74 Å². The van der Waals surface area contributed by atoms with Crippen molar-refractivity contribution in [2.75, 3.05) is 7.11 Å². The van der Waals surface area contributed by atoms with Gasteiger partial charge in [0.15, 0.2) is 11.4 Å². The van der Waals surface area contributed by atoms with Crippen molar-refractivity contribution in [2.45, 2.75) is 38.0 Å². The zero-order valence-electron chi connectivity index (χ0n) is 17.6. The molecule has 2 bridgehead atoms. The Kier molecular flexibility index (Phi) is 4.22. The molecule has 172 valence electrons. The van der Waals surface area contributed by atoms with Gasteiger partial charge in [-0.1, -0.05) is 0 Å². The molecule has 2 saturated carbocycles. The average molecular weight is 459 g/mol. The summed E-state index contributed by atoms with van der Waals surface area (Å²) < 4.78 is 47.8. The van der Waals surface area contributed by atoms with Gasteiger partial charge in [-0.2, -0.15) is 0 Å². The number of amides is 2. The molecule has 0 radical (unpaired) electrons. The Bertz CT molecular complexity index is 1270. The highest BCUT2D eigenvalue weighted by atomic mass is 19.1. The molecule has 1 N–H and O–H groups in total. The van der Waals surface area contributed by atoms with Crippen LogP contribution in [0.15, 0.2) is 23.1 Å². The molecule has 33 heavy (non-hydrogen) atoms. The van der Waals surface area contributed by atoms with Crippen LogP contribution in [0, 0.1) is 35.2 Å². The summed E-state index contributed by atoms with van der Waals surface area (Å²) >= 11 is 0. The third-order valence-corrected chi connectivity index (χ3v) is 7.70. The van der Waals surface area contributed by atoms with Crippen LogP contribution >= 0.6 is 0 Å². The van der Waals surface area contributed by atoms with Gasteiger partial charge < -0.3 is 19.5 Å². The number of fused-ring (bicyclic) bond motifs is 9. The molecular formula is C23H20F3N3O4. The van der Waals surface area contributed by atoms with Crippen molar-refractivity contribution >= 4 is 11.8 Å². The van der Waals surface area contributed by atoms with Crippen LogP contribution < -0.4 is 15.5 Å². The van der Waals surface area contributed by atoms with Crippen molar-refractivity contribution in [3.8, 4) is 5.75 Å². The Balaban J connectivity index is 1.33. The van der Waals surface area contributed by atoms with Crippen LogP contribution in [0.4, 0.5) is 13.2 Å². The lowest BCUT2D eigenvalue weighted by molar-refractivity contribution is 0.0465. The lowest BCUT2D eigenvalue weighted by atomic mass is 9.94. The van der Waals surface area contributed by atoms with E-state index in [0.29, 0.717) is 36.4 Å². The number of hydrogen-bond donors (Lipinski definition) is 1. The topological polar surface area (TPSA) is 80.6 Å². The normalized spacial score (nSPS) is 28.3. The highest BCUT2D eigenvalue weighted by molar-refractivity contribution is 5.99. The summed E-state index contributed by atoms with van der Waals surface area (Å²) in [6.45, 7) is -0.133. The predicted molar refractivity (Wildman–Crippen MR) is 108 cm³/mol. The molecule has 6 rings (SSSR count). The number of pyridine rings is 1. The third-order valence-electron chi connectivity index (χ3n) is 7.70. The molecule has 0 unspecified atom stereocenters. The van der Waals surface area contributed by atoms with Gasteiger partial charge in [-0.05, 0) is 30.6 Å². The van der Waals surface area contributed by atoms with Gasteiger partial charge in [0, 0.05) is 43.0 Å². The third kappa shape index (κ3) is 2.79. The number of nitrogens with zero attached hydrogens (tertiary/aromatic N) is 2. The Hall–Kier alpha value is -3.30. The first-order valence-corrected chi connectivity index (χ1v) is 10.9. The van der Waals surface area contributed by atoms with E-state index in [1.807, 2.05) is 4.90 Å². The number of aromatic nitrogens is 1. The molecule has 2 aliphatic heterocycles. The average Bonchev–Trinajstić information content (AvgIpc) is 3.38. The molecule has 3 fully saturated rings. The van der Waals surface area contributed by atoms with E-state index in [-0.39, 0.29) is 35.0 Å². The summed E-state index contributed by atoms with van der Waals surface area (Å²) in [7, 11) is 1.26. The molecular weight excluding hydrogens is 439 g/mol. The van der Waals surface area contributed by atoms with Crippen LogP contribution in [-0.4, -0.2) is 40.5 Å². The summed E-state index contributed by atoms with van der Waals surface area (Å²) in [5, 5.41) is 2.31. The second-order valence-corrected chi connectivity index (χ2v) is 9.25. The summed E-state index contributed by atoms with van der Waals surface area (Å²) in [5.74, 6) is -3.10. The SMILES string of the molecule is COc1c2n(cc(C(=O)NCc3c(F)cc(F)cc3F)c1=O)C[C@@H]1[C@@H]3C[C@@H]([C@H]4C[C@@H]34)N1C2=O. The monoisotopic (exact) mass is 459 g/mol. The number of rotatable bonds is 4. The van der Waals surface area contributed by atoms with Gasteiger partial charge in [-0.3, -0.25) is 14.4 Å². The van der Waals surface area contributed by atoms with E-state index in [1.165, 1.54) is 13.3 Å². The van der Waals surface area contributed by atoms with E-state index in [2.05, 4.69) is 5.32 Å². The van der Waals surface area contributed by atoms with Crippen LogP contribution in [0.1, 0.15) is 39.3 Å². The molecule has 1 aromatic carbocycles. The first-order chi connectivity index (χ1) is 15.8. The zero-order chi connectivity index (χ0) is 23.2. The molecule has 0 spiro atoms. The van der Waals surface area contributed by atoms with Crippen LogP contribution in [0.2, 0.25) is 0 Å². The van der Waals surface area contributed by atoms with Crippen LogP contribution in [0.5, 0.6) is 5.75 Å². The summed E-state index contributed by atoms with van der Waals surface area (Å²) in [4.78, 5) is 41.0. The van der Waals surface area contributed by atoms with Crippen LogP contribution in [0.25, 0.3) is 0 Å². The molecule has 2 aliphatic carbocycles. The fourth-order valence-electron chi connectivity index (χ4n) is 6.22. The van der Waals surface area contributed by atoms with Gasteiger partial charge in [-0.15, -0.1) is 0 Å². The second kappa shape index (κ2) is 6.85. The summed E-state index contributed by atoms with van der Waals surface area (Å²) in [6, 6.07) is 1.25. The fourth-order valence-corrected chi connectivity index (χ4v) is 6.22. The van der Waals surface area contributed by atoms with Crippen molar-refractivity contribution in [3.05, 3.63) is 62.8 Å². The second-order valence-electron chi connectivity index (χ2n) is 9.25. The molecule has 7 nitrogen and oxygen atoms in total. The molecule has 3 heterocycles. The van der Waals surface area contributed by atoms with Crippen molar-refractivity contribution < 1.29 is 27.5 Å². The zero-order valence-corrected chi connectivity index (χ0v) is 17.6. The number of piperidine rings is 1. The van der Waals surface area contributed by atoms with Gasteiger partial charge in [0.1, 0.15) is 23.0 Å². The quantitative estimate of drug-likeness (QED) is 0.759. The summed E-state index contributed by atoms with van der Waals surface area (Å²) in [6.07, 6.45) is 3.41. The predicted octanol–water partition coefficient (Wildman–Crippen LogP) is 2.07. The van der Waals surface area contributed by atoms with Gasteiger partial charge in [0.2, 0.25) is 5.43 Å². The van der Waals surface area contributed by atoms with E-state index in [1.54, 1.807) is 4.57 Å². The number of methoxy groups -OCH3 is 1. The highest BCUT2D eigenvalue weighted by Gasteiger charge is 2.66. The standard InChI is InChI=1S/C23H20F3N3O4/c1-33-21-19-23(32)29-17-5-12(10-4-11(10)17)18(29)8-28(19)7-14(20(21)30)22(31)27-6-13-15(25)2-9(24)3-16(13)26/h2-3,7,10-12,17-18H,4-6,8H2,1H3,(H,27,31)/t10-,11+,12-,17+,18-/m1/s1. The fraction of sp³-hybridized carbons (Fsp3) is 0.435. The van der Waals surface area contributed by atoms with Crippen LogP contribution in [-0.2, 0) is 13.1 Å². The van der Waals surface area contributed by atoms with Crippen LogP contribution in [0.3, 0.4) is 0 Å². The lowest BCUT2D eigenvalue weighted by Gasteiger charge is -2.40. The molecule has 1 saturated heterocycles. The molecule has 2 amide bonds. The van der Waals surface area contributed by atoms with Crippen molar-refractivity contribution in [1.29, 1.82) is 0 Å². The molecule has 4 aliphatic rings. The maximum Gasteiger partial charge on any atom is 0.275 e. The Morgan fingerprint density at radius 2 is 1.79 bits per heavy atom. The largest absolute Gasteiger partial charge is 0.491 e. The van der Waals surface area contributed by atoms with Gasteiger partial charge in [0.25, 0.3) is 11.8 Å². The van der Waals surface area contributed by atoms with Gasteiger partial charge in [0.05, 0.1) is 13.2 Å². The Morgan fingerprint density at radius 1 is 1.09 bits per heavy atom. The lowest BCUT2D eigenvalue weighted by Crippen LogP contribution is -2.53. The number of carbonyl (C=O) groups is 2. The minimum Gasteiger partial charge on any atom is -0.491 e. The Labute approximate surface area is 186 Å². The maximum absolute atomic E-state index is 13.9. The number of hydrogen-bond acceptors (Lipinski definition) is 4. The number of carbonyl (C=O) groups excluding carboxylic acids is 2. The molecule has 5 atom stereocenters. The smallest absolute Gasteiger partial charge is 0.275 e. The molecule has 2 aromatic rings. The van der Waals surface area contributed by atoms with Crippen molar-refractivity contribution in [1.82, 2.24) is 14.8 Å². The van der Waals surface area contributed by atoms with E-state index in [9.17, 15) is 27.6 Å². The number of benzene rings is 1. The maximum atomic E-state index is 13.9. The molecule has 1 aromatic heterocycles. The van der Waals surface area contributed by atoms with E-state index >= 15 is 0 Å². The minimum absolute atomic E-state index is 0.0178. The Morgan fingerprint density at radius 3 is 2.48 bits per heavy atom. The van der Waals surface area contributed by atoms with Crippen molar-refractivity contribution in [2.24, 2.45) is 17.8 Å². The first-order valence-electron chi connectivity index (χ1n) is 10.9. The minimum atomic E-state index is -1.15. The van der Waals surface area contributed by atoms with Gasteiger partial charge in [-0.25, -0.2) is 13.2 Å².